The van der Waals surface area contributed by atoms with E-state index in [0.717, 1.165) is 32.5 Å². The highest BCUT2D eigenvalue weighted by Crippen LogP contribution is 2.41. The molecular weight excluding hydrogens is 556 g/mol. The summed E-state index contributed by atoms with van der Waals surface area (Å²) < 4.78 is 63.5. The quantitative estimate of drug-likeness (QED) is 0.498. The van der Waals surface area contributed by atoms with E-state index in [1.54, 1.807) is 12.4 Å². The van der Waals surface area contributed by atoms with Crippen LogP contribution in [0.25, 0.3) is 0 Å². The van der Waals surface area contributed by atoms with E-state index in [-0.39, 0.29) is 5.91 Å². The second kappa shape index (κ2) is 13.2. The van der Waals surface area contributed by atoms with Gasteiger partial charge in [-0.25, -0.2) is 9.59 Å². The highest BCUT2D eigenvalue weighted by molar-refractivity contribution is 7.11. The Morgan fingerprint density at radius 1 is 0.949 bits per heavy atom. The van der Waals surface area contributed by atoms with Crippen molar-refractivity contribution in [3.63, 3.8) is 0 Å². The van der Waals surface area contributed by atoms with Gasteiger partial charge in [-0.3, -0.25) is 14.7 Å². The number of pyridine rings is 1. The molecule has 0 bridgehead atoms. The Labute approximate surface area is 223 Å². The van der Waals surface area contributed by atoms with Crippen LogP contribution >= 0.6 is 11.3 Å². The van der Waals surface area contributed by atoms with Gasteiger partial charge >= 0.3 is 24.3 Å². The standard InChI is InChI=1S/C20H25N3OS.2C2HF3O2/c1-16-4-5-18(25-16)14-22-10-6-20(15-22)7-11-23(12-8-20)19(24)17-3-2-9-21-13-17;2*3-2(4,5)1(6)7/h2-5,9,13H,6-8,10-12,14-15H2,1H3;2*(H,6,7). The van der Waals surface area contributed by atoms with E-state index in [1.807, 2.05) is 28.4 Å². The Morgan fingerprint density at radius 3 is 1.92 bits per heavy atom. The molecule has 2 aliphatic heterocycles. The zero-order valence-corrected chi connectivity index (χ0v) is 21.6. The summed E-state index contributed by atoms with van der Waals surface area (Å²) in [5.74, 6) is -5.38. The average Bonchev–Trinajstić information content (AvgIpc) is 3.45. The number of nitrogens with zero attached hydrogens (tertiary/aromatic N) is 3. The van der Waals surface area contributed by atoms with Gasteiger partial charge in [0.15, 0.2) is 0 Å². The molecule has 0 atom stereocenters. The predicted octanol–water partition coefficient (Wildman–Crippen LogP) is 4.85. The molecule has 0 unspecified atom stereocenters. The van der Waals surface area contributed by atoms with Crippen molar-refractivity contribution in [2.75, 3.05) is 26.2 Å². The van der Waals surface area contributed by atoms with E-state index < -0.39 is 24.3 Å². The van der Waals surface area contributed by atoms with Crippen LogP contribution in [0.1, 0.15) is 39.4 Å². The number of hydrogen-bond donors (Lipinski definition) is 2. The van der Waals surface area contributed by atoms with E-state index in [4.69, 9.17) is 19.8 Å². The van der Waals surface area contributed by atoms with Crippen molar-refractivity contribution in [1.82, 2.24) is 14.8 Å². The fourth-order valence-corrected chi connectivity index (χ4v) is 5.15. The molecule has 15 heteroatoms. The van der Waals surface area contributed by atoms with Crippen molar-refractivity contribution < 1.29 is 50.9 Å². The lowest BCUT2D eigenvalue weighted by atomic mass is 9.77. The number of amides is 1. The summed E-state index contributed by atoms with van der Waals surface area (Å²) in [5.41, 5.74) is 1.12. The minimum atomic E-state index is -5.08. The first-order chi connectivity index (χ1) is 18.0. The van der Waals surface area contributed by atoms with Gasteiger partial charge in [0.05, 0.1) is 5.56 Å². The third-order valence-electron chi connectivity index (χ3n) is 6.20. The Morgan fingerprint density at radius 2 is 1.49 bits per heavy atom. The Hall–Kier alpha value is -3.20. The summed E-state index contributed by atoms with van der Waals surface area (Å²) in [4.78, 5) is 41.9. The fraction of sp³-hybridized carbons (Fsp3) is 0.500. The van der Waals surface area contributed by atoms with Crippen LogP contribution in [0.3, 0.4) is 0 Å². The number of aryl methyl sites for hydroxylation is 1. The number of piperidine rings is 1. The van der Waals surface area contributed by atoms with Crippen molar-refractivity contribution >= 4 is 29.2 Å². The van der Waals surface area contributed by atoms with Crippen molar-refractivity contribution in [2.24, 2.45) is 5.41 Å². The van der Waals surface area contributed by atoms with Gasteiger partial charge in [-0.05, 0) is 62.4 Å². The number of rotatable bonds is 3. The highest BCUT2D eigenvalue weighted by atomic mass is 32.1. The summed E-state index contributed by atoms with van der Waals surface area (Å²) in [6.45, 7) is 7.37. The van der Waals surface area contributed by atoms with Crippen LogP contribution in [0.4, 0.5) is 26.3 Å². The molecule has 39 heavy (non-hydrogen) atoms. The Bertz CT molecular complexity index is 1090. The van der Waals surface area contributed by atoms with Gasteiger partial charge < -0.3 is 15.1 Å². The first-order valence-corrected chi connectivity index (χ1v) is 12.4. The molecule has 2 N–H and O–H groups in total. The maximum absolute atomic E-state index is 12.6. The molecule has 2 saturated heterocycles. The molecule has 4 rings (SSSR count). The molecule has 2 aromatic heterocycles. The summed E-state index contributed by atoms with van der Waals surface area (Å²) >= 11 is 1.91. The molecule has 1 spiro atoms. The summed E-state index contributed by atoms with van der Waals surface area (Å²) in [6.07, 6.45) is -3.26. The third kappa shape index (κ3) is 10.1. The van der Waals surface area contributed by atoms with Gasteiger partial charge in [0.2, 0.25) is 0 Å². The minimum absolute atomic E-state index is 0.131. The molecule has 0 aliphatic carbocycles. The molecule has 0 saturated carbocycles. The van der Waals surface area contributed by atoms with Crippen LogP contribution in [-0.2, 0) is 16.1 Å². The van der Waals surface area contributed by atoms with Gasteiger partial charge in [0.1, 0.15) is 0 Å². The number of carbonyl (C=O) groups excluding carboxylic acids is 1. The number of thiophene rings is 1. The van der Waals surface area contributed by atoms with Crippen LogP contribution in [0.5, 0.6) is 0 Å². The van der Waals surface area contributed by atoms with E-state index in [0.29, 0.717) is 11.0 Å². The average molecular weight is 584 g/mol. The maximum Gasteiger partial charge on any atom is 0.490 e. The molecule has 1 amide bonds. The molecular formula is C24H27F6N3O5S. The first-order valence-electron chi connectivity index (χ1n) is 11.6. The highest BCUT2D eigenvalue weighted by Gasteiger charge is 2.41. The largest absolute Gasteiger partial charge is 0.490 e. The van der Waals surface area contributed by atoms with Crippen LogP contribution < -0.4 is 0 Å². The molecule has 216 valence electrons. The monoisotopic (exact) mass is 583 g/mol. The topological polar surface area (TPSA) is 111 Å². The smallest absolute Gasteiger partial charge is 0.475 e. The van der Waals surface area contributed by atoms with E-state index in [2.05, 4.69) is 28.9 Å². The number of hydrogen-bond acceptors (Lipinski definition) is 6. The number of carboxylic acids is 2. The van der Waals surface area contributed by atoms with Crippen molar-refractivity contribution in [3.8, 4) is 0 Å². The molecule has 0 radical (unpaired) electrons. The normalized spacial score (nSPS) is 17.1. The zero-order valence-electron chi connectivity index (χ0n) is 20.8. The maximum atomic E-state index is 12.6. The SMILES string of the molecule is Cc1ccc(CN2CCC3(CCN(C(=O)c4cccnc4)CC3)C2)s1.O=C(O)C(F)(F)F.O=C(O)C(F)(F)F. The number of halogens is 6. The van der Waals surface area contributed by atoms with Crippen LogP contribution in [0.2, 0.25) is 0 Å². The zero-order chi connectivity index (χ0) is 29.4. The van der Waals surface area contributed by atoms with E-state index in [1.165, 1.54) is 29.3 Å². The van der Waals surface area contributed by atoms with Gasteiger partial charge in [0.25, 0.3) is 5.91 Å². The molecule has 4 heterocycles. The molecule has 0 aromatic carbocycles. The minimum Gasteiger partial charge on any atom is -0.475 e. The van der Waals surface area contributed by atoms with Crippen molar-refractivity contribution in [3.05, 3.63) is 52.0 Å². The first kappa shape index (κ1) is 32.0. The predicted molar refractivity (Wildman–Crippen MR) is 128 cm³/mol. The van der Waals surface area contributed by atoms with E-state index in [9.17, 15) is 31.1 Å². The number of carboxylic acid groups (broad SMARTS) is 2. The lowest BCUT2D eigenvalue weighted by molar-refractivity contribution is -0.193. The van der Waals surface area contributed by atoms with Gasteiger partial charge in [-0.2, -0.15) is 26.3 Å². The van der Waals surface area contributed by atoms with Gasteiger partial charge in [0, 0.05) is 48.3 Å². The second-order valence-corrected chi connectivity index (χ2v) is 10.5. The Kier molecular flexibility index (Phi) is 10.9. The third-order valence-corrected chi connectivity index (χ3v) is 7.18. The van der Waals surface area contributed by atoms with Crippen LogP contribution in [0, 0.1) is 12.3 Å². The number of likely N-dealkylation sites (tertiary alicyclic amines) is 2. The lowest BCUT2D eigenvalue weighted by Crippen LogP contribution is -2.44. The number of carbonyl (C=O) groups is 3. The number of aliphatic carboxylic acids is 2. The number of alkyl halides is 6. The molecule has 2 aliphatic rings. The fourth-order valence-electron chi connectivity index (χ4n) is 4.22. The molecule has 2 fully saturated rings. The van der Waals surface area contributed by atoms with Crippen molar-refractivity contribution in [2.45, 2.75) is 45.1 Å². The van der Waals surface area contributed by atoms with Crippen molar-refractivity contribution in [1.29, 1.82) is 0 Å². The Balaban J connectivity index is 0.000000317. The van der Waals surface area contributed by atoms with Gasteiger partial charge in [-0.15, -0.1) is 11.3 Å². The van der Waals surface area contributed by atoms with Crippen LogP contribution in [0.15, 0.2) is 36.7 Å². The lowest BCUT2D eigenvalue weighted by Gasteiger charge is -2.39. The summed E-state index contributed by atoms with van der Waals surface area (Å²) in [5, 5.41) is 14.2. The summed E-state index contributed by atoms with van der Waals surface area (Å²) in [7, 11) is 0. The number of aromatic nitrogens is 1. The molecule has 8 nitrogen and oxygen atoms in total. The molecule has 2 aromatic rings. The van der Waals surface area contributed by atoms with Gasteiger partial charge in [-0.1, -0.05) is 0 Å². The summed E-state index contributed by atoms with van der Waals surface area (Å²) in [6, 6.07) is 8.17. The second-order valence-electron chi connectivity index (χ2n) is 9.11. The van der Waals surface area contributed by atoms with E-state index >= 15 is 0 Å². The van der Waals surface area contributed by atoms with Crippen LogP contribution in [-0.4, -0.2) is 81.4 Å².